The molecule has 3 aromatic rings. The van der Waals surface area contributed by atoms with Crippen molar-refractivity contribution < 1.29 is 4.79 Å². The van der Waals surface area contributed by atoms with Gasteiger partial charge in [-0.1, -0.05) is 23.7 Å². The lowest BCUT2D eigenvalue weighted by Crippen LogP contribution is -2.32. The molecule has 3 N–H and O–H groups in total. The van der Waals surface area contributed by atoms with Gasteiger partial charge in [0.1, 0.15) is 18.0 Å². The minimum Gasteiger partial charge on any atom is -0.368 e. The molecule has 0 unspecified atom stereocenters. The first-order chi connectivity index (χ1) is 12.2. The van der Waals surface area contributed by atoms with Crippen molar-refractivity contribution in [1.29, 1.82) is 0 Å². The third-order valence-electron chi connectivity index (χ3n) is 3.36. The highest BCUT2D eigenvalue weighted by Gasteiger charge is 2.04. The van der Waals surface area contributed by atoms with Gasteiger partial charge in [0.15, 0.2) is 0 Å². The van der Waals surface area contributed by atoms with Crippen LogP contribution in [0.4, 0.5) is 16.3 Å². The number of hydrogen-bond acceptors (Lipinski definition) is 4. The molecular formula is C17H17ClN6O. The van der Waals surface area contributed by atoms with Gasteiger partial charge in [0.05, 0.1) is 10.7 Å². The number of nitrogens with one attached hydrogen (secondary N) is 3. The van der Waals surface area contributed by atoms with Crippen molar-refractivity contribution in [3.05, 3.63) is 66.2 Å². The second kappa shape index (κ2) is 8.16. The van der Waals surface area contributed by atoms with Gasteiger partial charge < -0.3 is 20.5 Å². The molecule has 2 aromatic heterocycles. The van der Waals surface area contributed by atoms with Crippen LogP contribution in [0.25, 0.3) is 5.82 Å². The summed E-state index contributed by atoms with van der Waals surface area (Å²) >= 11 is 6.00. The summed E-state index contributed by atoms with van der Waals surface area (Å²) in [5.74, 6) is 1.46. The number of para-hydroxylation sites is 1. The summed E-state index contributed by atoms with van der Waals surface area (Å²) in [6, 6.07) is 12.4. The van der Waals surface area contributed by atoms with E-state index >= 15 is 0 Å². The molecule has 0 saturated carbocycles. The number of urea groups is 1. The van der Waals surface area contributed by atoms with Crippen molar-refractivity contribution in [3.63, 3.8) is 0 Å². The number of amides is 2. The van der Waals surface area contributed by atoms with Crippen LogP contribution in [-0.2, 0) is 0 Å². The number of anilines is 2. The zero-order valence-electron chi connectivity index (χ0n) is 13.3. The van der Waals surface area contributed by atoms with Crippen molar-refractivity contribution in [3.8, 4) is 5.82 Å². The molecule has 0 saturated heterocycles. The lowest BCUT2D eigenvalue weighted by molar-refractivity contribution is 0.252. The first kappa shape index (κ1) is 16.8. The molecule has 3 rings (SSSR count). The topological polar surface area (TPSA) is 83.9 Å². The summed E-state index contributed by atoms with van der Waals surface area (Å²) in [4.78, 5) is 20.2. The molecule has 8 heteroatoms. The predicted molar refractivity (Wildman–Crippen MR) is 98.3 cm³/mol. The number of carbonyl (C=O) groups is 1. The molecule has 7 nitrogen and oxygen atoms in total. The molecule has 0 fully saturated rings. The van der Waals surface area contributed by atoms with E-state index in [1.165, 1.54) is 6.33 Å². The fourth-order valence-electron chi connectivity index (χ4n) is 2.17. The summed E-state index contributed by atoms with van der Waals surface area (Å²) in [6.45, 7) is 0.956. The summed E-state index contributed by atoms with van der Waals surface area (Å²) < 4.78 is 1.89. The Labute approximate surface area is 150 Å². The van der Waals surface area contributed by atoms with Crippen LogP contribution in [0.1, 0.15) is 0 Å². The zero-order chi connectivity index (χ0) is 17.5. The van der Waals surface area contributed by atoms with Gasteiger partial charge in [-0.3, -0.25) is 0 Å². The Balaban J connectivity index is 1.45. The van der Waals surface area contributed by atoms with Crippen molar-refractivity contribution in [2.45, 2.75) is 0 Å². The van der Waals surface area contributed by atoms with E-state index in [1.54, 1.807) is 24.3 Å². The SMILES string of the molecule is O=C(NCCNc1cc(-n2cccc2)ncn1)Nc1ccccc1Cl. The minimum atomic E-state index is -0.314. The first-order valence-electron chi connectivity index (χ1n) is 7.71. The van der Waals surface area contributed by atoms with Crippen LogP contribution < -0.4 is 16.0 Å². The van der Waals surface area contributed by atoms with E-state index in [0.717, 1.165) is 5.82 Å². The second-order valence-electron chi connectivity index (χ2n) is 5.14. The fourth-order valence-corrected chi connectivity index (χ4v) is 2.35. The van der Waals surface area contributed by atoms with E-state index in [1.807, 2.05) is 35.2 Å². The highest BCUT2D eigenvalue weighted by atomic mass is 35.5. The molecule has 0 atom stereocenters. The van der Waals surface area contributed by atoms with Crippen LogP contribution in [0.3, 0.4) is 0 Å². The lowest BCUT2D eigenvalue weighted by Gasteiger charge is -2.10. The quantitative estimate of drug-likeness (QED) is 0.592. The Morgan fingerprint density at radius 2 is 1.88 bits per heavy atom. The van der Waals surface area contributed by atoms with Gasteiger partial charge in [-0.05, 0) is 24.3 Å². The van der Waals surface area contributed by atoms with Crippen LogP contribution in [0.5, 0.6) is 0 Å². The predicted octanol–water partition coefficient (Wildman–Crippen LogP) is 3.15. The molecule has 1 aromatic carbocycles. The van der Waals surface area contributed by atoms with E-state index in [9.17, 15) is 4.79 Å². The molecule has 0 aliphatic carbocycles. The van der Waals surface area contributed by atoms with Gasteiger partial charge in [0.25, 0.3) is 0 Å². The van der Waals surface area contributed by atoms with Crippen molar-refractivity contribution in [2.24, 2.45) is 0 Å². The van der Waals surface area contributed by atoms with Gasteiger partial charge in [0.2, 0.25) is 0 Å². The highest BCUT2D eigenvalue weighted by molar-refractivity contribution is 6.33. The number of nitrogens with zero attached hydrogens (tertiary/aromatic N) is 3. The molecule has 0 bridgehead atoms. The molecule has 2 amide bonds. The summed E-state index contributed by atoms with van der Waals surface area (Å²) in [6.07, 6.45) is 5.31. The van der Waals surface area contributed by atoms with Crippen molar-refractivity contribution in [2.75, 3.05) is 23.7 Å². The Hall–Kier alpha value is -3.06. The van der Waals surface area contributed by atoms with Gasteiger partial charge in [-0.25, -0.2) is 14.8 Å². The number of aromatic nitrogens is 3. The van der Waals surface area contributed by atoms with Crippen LogP contribution in [0.2, 0.25) is 5.02 Å². The van der Waals surface area contributed by atoms with E-state index in [0.29, 0.717) is 29.6 Å². The number of carbonyl (C=O) groups excluding carboxylic acids is 1. The van der Waals surface area contributed by atoms with Gasteiger partial charge in [0, 0.05) is 31.5 Å². The Morgan fingerprint density at radius 1 is 1.08 bits per heavy atom. The number of rotatable bonds is 6. The minimum absolute atomic E-state index is 0.314. The van der Waals surface area contributed by atoms with Crippen LogP contribution in [-0.4, -0.2) is 33.7 Å². The maximum Gasteiger partial charge on any atom is 0.319 e. The smallest absolute Gasteiger partial charge is 0.319 e. The maximum atomic E-state index is 11.8. The molecule has 128 valence electrons. The summed E-state index contributed by atoms with van der Waals surface area (Å²) in [5, 5.41) is 9.09. The highest BCUT2D eigenvalue weighted by Crippen LogP contribution is 2.19. The monoisotopic (exact) mass is 356 g/mol. The van der Waals surface area contributed by atoms with Gasteiger partial charge in [-0.15, -0.1) is 0 Å². The maximum absolute atomic E-state index is 11.8. The number of hydrogen-bond donors (Lipinski definition) is 3. The fraction of sp³-hybridized carbons (Fsp3) is 0.118. The molecule has 0 aliphatic rings. The Kier molecular flexibility index (Phi) is 5.48. The van der Waals surface area contributed by atoms with Crippen LogP contribution in [0.15, 0.2) is 61.2 Å². The van der Waals surface area contributed by atoms with Crippen molar-refractivity contribution in [1.82, 2.24) is 19.9 Å². The zero-order valence-corrected chi connectivity index (χ0v) is 14.1. The van der Waals surface area contributed by atoms with Gasteiger partial charge >= 0.3 is 6.03 Å². The molecule has 2 heterocycles. The van der Waals surface area contributed by atoms with Crippen molar-refractivity contribution >= 4 is 29.1 Å². The lowest BCUT2D eigenvalue weighted by atomic mass is 10.3. The Bertz CT molecular complexity index is 837. The third kappa shape index (κ3) is 4.71. The van der Waals surface area contributed by atoms with Gasteiger partial charge in [-0.2, -0.15) is 0 Å². The van der Waals surface area contributed by atoms with E-state index in [-0.39, 0.29) is 6.03 Å². The third-order valence-corrected chi connectivity index (χ3v) is 3.69. The molecule has 0 aliphatic heterocycles. The van der Waals surface area contributed by atoms with Crippen LogP contribution in [0, 0.1) is 0 Å². The summed E-state index contributed by atoms with van der Waals surface area (Å²) in [5.41, 5.74) is 0.571. The molecule has 0 radical (unpaired) electrons. The molecular weight excluding hydrogens is 340 g/mol. The molecule has 25 heavy (non-hydrogen) atoms. The molecule has 0 spiro atoms. The van der Waals surface area contributed by atoms with E-state index in [4.69, 9.17) is 11.6 Å². The Morgan fingerprint density at radius 3 is 2.68 bits per heavy atom. The standard InChI is InChI=1S/C17H17ClN6O/c18-13-5-1-2-6-14(13)23-17(25)20-8-7-19-15-11-16(22-12-21-15)24-9-3-4-10-24/h1-6,9-12H,7-8H2,(H,19,21,22)(H2,20,23,25). The van der Waals surface area contributed by atoms with E-state index in [2.05, 4.69) is 25.9 Å². The second-order valence-corrected chi connectivity index (χ2v) is 5.55. The summed E-state index contributed by atoms with van der Waals surface area (Å²) in [7, 11) is 0. The average molecular weight is 357 g/mol. The number of benzene rings is 1. The van der Waals surface area contributed by atoms with Crippen LogP contribution >= 0.6 is 11.6 Å². The van der Waals surface area contributed by atoms with E-state index < -0.39 is 0 Å². The normalized spacial score (nSPS) is 10.3. The largest absolute Gasteiger partial charge is 0.368 e. The first-order valence-corrected chi connectivity index (χ1v) is 8.09. The number of halogens is 1. The average Bonchev–Trinajstić information content (AvgIpc) is 3.16.